The maximum Gasteiger partial charge on any atom is 0.271 e. The predicted molar refractivity (Wildman–Crippen MR) is 71.6 cm³/mol. The molecule has 0 spiro atoms. The largest absolute Gasteiger partial charge is 0.397 e. The third kappa shape index (κ3) is 4.42. The van der Waals surface area contributed by atoms with Gasteiger partial charge in [-0.3, -0.25) is 10.1 Å². The van der Waals surface area contributed by atoms with Gasteiger partial charge in [0, 0.05) is 18.7 Å². The number of nitrogen functional groups attached to an aromatic ring is 1. The summed E-state index contributed by atoms with van der Waals surface area (Å²) >= 11 is 0. The van der Waals surface area contributed by atoms with E-state index in [4.69, 9.17) is 10.5 Å². The molecule has 0 aliphatic heterocycles. The highest BCUT2D eigenvalue weighted by molar-refractivity contribution is 5.69. The van der Waals surface area contributed by atoms with E-state index in [0.717, 1.165) is 5.57 Å². The highest BCUT2D eigenvalue weighted by atomic mass is 16.6. The smallest absolute Gasteiger partial charge is 0.271 e. The van der Waals surface area contributed by atoms with Crippen LogP contribution in [-0.4, -0.2) is 24.7 Å². The first kappa shape index (κ1) is 14.0. The van der Waals surface area contributed by atoms with Gasteiger partial charge in [0.05, 0.1) is 29.5 Å². The molecule has 0 heterocycles. The molecule has 0 fully saturated rings. The Morgan fingerprint density at radius 1 is 1.61 bits per heavy atom. The Morgan fingerprint density at radius 3 is 2.89 bits per heavy atom. The summed E-state index contributed by atoms with van der Waals surface area (Å²) in [5, 5.41) is 13.6. The number of nitro groups is 1. The van der Waals surface area contributed by atoms with Gasteiger partial charge in [0.25, 0.3) is 5.69 Å². The fourth-order valence-corrected chi connectivity index (χ4v) is 1.33. The topological polar surface area (TPSA) is 90.4 Å². The molecule has 0 amide bonds. The molecule has 6 heteroatoms. The number of nitro benzene ring substituents is 1. The molecule has 0 radical (unpaired) electrons. The molecule has 1 rings (SSSR count). The summed E-state index contributed by atoms with van der Waals surface area (Å²) in [6.45, 7) is 7.23. The van der Waals surface area contributed by atoms with Gasteiger partial charge in [-0.1, -0.05) is 12.2 Å². The molecular weight excluding hydrogens is 234 g/mol. The van der Waals surface area contributed by atoms with Gasteiger partial charge in [0.1, 0.15) is 0 Å². The van der Waals surface area contributed by atoms with E-state index in [1.165, 1.54) is 12.1 Å². The second-order valence-electron chi connectivity index (χ2n) is 3.97. The number of anilines is 2. The zero-order chi connectivity index (χ0) is 13.5. The number of nitrogens with two attached hydrogens (primary N) is 1. The third-order valence-corrected chi connectivity index (χ3v) is 2.16. The average molecular weight is 251 g/mol. The van der Waals surface area contributed by atoms with Crippen LogP contribution in [0.15, 0.2) is 30.4 Å². The van der Waals surface area contributed by atoms with E-state index in [1.807, 2.05) is 6.92 Å². The lowest BCUT2D eigenvalue weighted by molar-refractivity contribution is -0.384. The van der Waals surface area contributed by atoms with E-state index >= 15 is 0 Å². The number of rotatable bonds is 7. The van der Waals surface area contributed by atoms with E-state index in [1.54, 1.807) is 6.07 Å². The zero-order valence-corrected chi connectivity index (χ0v) is 10.3. The molecule has 0 saturated carbocycles. The van der Waals surface area contributed by atoms with Gasteiger partial charge in [0.2, 0.25) is 0 Å². The van der Waals surface area contributed by atoms with Crippen LogP contribution in [-0.2, 0) is 4.74 Å². The number of nitrogens with zero attached hydrogens (tertiary/aromatic N) is 1. The van der Waals surface area contributed by atoms with E-state index in [0.29, 0.717) is 31.1 Å². The molecule has 0 aliphatic rings. The van der Waals surface area contributed by atoms with Crippen molar-refractivity contribution in [3.05, 3.63) is 40.5 Å². The summed E-state index contributed by atoms with van der Waals surface area (Å²) in [6, 6.07) is 4.33. The first-order valence-corrected chi connectivity index (χ1v) is 5.50. The summed E-state index contributed by atoms with van der Waals surface area (Å²) in [5.41, 5.74) is 7.66. The summed E-state index contributed by atoms with van der Waals surface area (Å²) in [6.07, 6.45) is 0. The van der Waals surface area contributed by atoms with Crippen molar-refractivity contribution in [2.45, 2.75) is 6.92 Å². The molecule has 1 aromatic carbocycles. The number of non-ortho nitro benzene ring substituents is 1. The van der Waals surface area contributed by atoms with Crippen LogP contribution >= 0.6 is 0 Å². The number of nitrogens with one attached hydrogen (secondary N) is 1. The molecule has 0 aromatic heterocycles. The van der Waals surface area contributed by atoms with E-state index < -0.39 is 4.92 Å². The quantitative estimate of drug-likeness (QED) is 0.255. The maximum absolute atomic E-state index is 10.5. The molecule has 0 aliphatic carbocycles. The normalized spacial score (nSPS) is 10.1. The van der Waals surface area contributed by atoms with Gasteiger partial charge in [-0.2, -0.15) is 0 Å². The van der Waals surface area contributed by atoms with Gasteiger partial charge >= 0.3 is 0 Å². The van der Waals surface area contributed by atoms with Gasteiger partial charge in [-0.25, -0.2) is 0 Å². The van der Waals surface area contributed by atoms with Crippen LogP contribution in [0.5, 0.6) is 0 Å². The summed E-state index contributed by atoms with van der Waals surface area (Å²) in [4.78, 5) is 10.1. The Bertz CT molecular complexity index is 446. The molecule has 18 heavy (non-hydrogen) atoms. The van der Waals surface area contributed by atoms with Gasteiger partial charge < -0.3 is 15.8 Å². The first-order chi connectivity index (χ1) is 8.50. The number of ether oxygens (including phenoxy) is 1. The first-order valence-electron chi connectivity index (χ1n) is 5.50. The minimum atomic E-state index is -0.476. The molecule has 0 atom stereocenters. The minimum Gasteiger partial charge on any atom is -0.397 e. The van der Waals surface area contributed by atoms with E-state index in [9.17, 15) is 10.1 Å². The Kier molecular flexibility index (Phi) is 5.13. The summed E-state index contributed by atoms with van der Waals surface area (Å²) < 4.78 is 5.31. The second kappa shape index (κ2) is 6.61. The summed E-state index contributed by atoms with van der Waals surface area (Å²) in [5.74, 6) is 0. The molecule has 6 nitrogen and oxygen atoms in total. The van der Waals surface area contributed by atoms with Crippen molar-refractivity contribution in [1.29, 1.82) is 0 Å². The Hall–Kier alpha value is -2.08. The average Bonchev–Trinajstić information content (AvgIpc) is 2.29. The lowest BCUT2D eigenvalue weighted by Gasteiger charge is -2.09. The van der Waals surface area contributed by atoms with Crippen molar-refractivity contribution in [2.75, 3.05) is 30.8 Å². The lowest BCUT2D eigenvalue weighted by atomic mass is 10.2. The van der Waals surface area contributed by atoms with Crippen molar-refractivity contribution < 1.29 is 9.66 Å². The summed E-state index contributed by atoms with van der Waals surface area (Å²) in [7, 11) is 0. The maximum atomic E-state index is 10.5. The Labute approximate surface area is 106 Å². The standard InChI is InChI=1S/C12H17N3O3/c1-9(2)8-18-6-5-14-12-4-3-10(15(16)17)7-11(12)13/h3-4,7,14H,1,5-6,8,13H2,2H3. The van der Waals surface area contributed by atoms with Crippen LogP contribution in [0, 0.1) is 10.1 Å². The fourth-order valence-electron chi connectivity index (χ4n) is 1.33. The van der Waals surface area contributed by atoms with Crippen LogP contribution in [0.25, 0.3) is 0 Å². The fraction of sp³-hybridized carbons (Fsp3) is 0.333. The number of hydrogen-bond acceptors (Lipinski definition) is 5. The van der Waals surface area contributed by atoms with Crippen LogP contribution in [0.3, 0.4) is 0 Å². The van der Waals surface area contributed by atoms with E-state index in [-0.39, 0.29) is 5.69 Å². The van der Waals surface area contributed by atoms with Crippen molar-refractivity contribution >= 4 is 17.1 Å². The van der Waals surface area contributed by atoms with Crippen molar-refractivity contribution in [1.82, 2.24) is 0 Å². The van der Waals surface area contributed by atoms with Gasteiger partial charge in [-0.15, -0.1) is 0 Å². The Balaban J connectivity index is 2.43. The molecule has 0 unspecified atom stereocenters. The SMILES string of the molecule is C=C(C)COCCNc1ccc([N+](=O)[O-])cc1N. The van der Waals surface area contributed by atoms with Gasteiger partial charge in [0.15, 0.2) is 0 Å². The molecule has 0 saturated heterocycles. The van der Waals surface area contributed by atoms with Crippen molar-refractivity contribution in [3.8, 4) is 0 Å². The molecule has 1 aromatic rings. The van der Waals surface area contributed by atoms with Gasteiger partial charge in [-0.05, 0) is 13.0 Å². The van der Waals surface area contributed by atoms with Crippen LogP contribution in [0.1, 0.15) is 6.92 Å². The third-order valence-electron chi connectivity index (χ3n) is 2.16. The highest BCUT2D eigenvalue weighted by Gasteiger charge is 2.07. The van der Waals surface area contributed by atoms with Crippen LogP contribution < -0.4 is 11.1 Å². The Morgan fingerprint density at radius 2 is 2.33 bits per heavy atom. The zero-order valence-electron chi connectivity index (χ0n) is 10.3. The highest BCUT2D eigenvalue weighted by Crippen LogP contribution is 2.23. The predicted octanol–water partition coefficient (Wildman–Crippen LogP) is 2.18. The van der Waals surface area contributed by atoms with Crippen LogP contribution in [0.2, 0.25) is 0 Å². The minimum absolute atomic E-state index is 0.0171. The van der Waals surface area contributed by atoms with E-state index in [2.05, 4.69) is 11.9 Å². The lowest BCUT2D eigenvalue weighted by Crippen LogP contribution is -2.11. The molecule has 98 valence electrons. The number of benzene rings is 1. The molecule has 3 N–H and O–H groups in total. The number of hydrogen-bond donors (Lipinski definition) is 2. The second-order valence-corrected chi connectivity index (χ2v) is 3.97. The monoisotopic (exact) mass is 251 g/mol. The van der Waals surface area contributed by atoms with Crippen molar-refractivity contribution in [3.63, 3.8) is 0 Å². The van der Waals surface area contributed by atoms with Crippen molar-refractivity contribution in [2.24, 2.45) is 0 Å². The molecule has 0 bridgehead atoms. The molecular formula is C12H17N3O3. The van der Waals surface area contributed by atoms with Crippen LogP contribution in [0.4, 0.5) is 17.1 Å².